The van der Waals surface area contributed by atoms with Gasteiger partial charge in [0.15, 0.2) is 22.7 Å². The van der Waals surface area contributed by atoms with Gasteiger partial charge in [-0.3, -0.25) is 0 Å². The van der Waals surface area contributed by atoms with E-state index in [1.807, 2.05) is 4.57 Å². The summed E-state index contributed by atoms with van der Waals surface area (Å²) in [5.41, 5.74) is 2.13. The molecule has 8 nitrogen and oxygen atoms in total. The van der Waals surface area contributed by atoms with Crippen LogP contribution in [0, 0.1) is 0 Å². The van der Waals surface area contributed by atoms with Crippen molar-refractivity contribution in [2.45, 2.75) is 6.54 Å². The van der Waals surface area contributed by atoms with E-state index < -0.39 is 0 Å². The normalized spacial score (nSPS) is 10.8. The lowest BCUT2D eigenvalue weighted by molar-refractivity contribution is 0.321. The standard InChI is InChI=1S/C16H16Br2N4O4/c1-23-12-9(17)8(10(18)13(24-2)14(12)25-3)5-22-7-21-11-15(22)19-6-20-16(11)26-4/h6-7H,5H2,1-4H3. The van der Waals surface area contributed by atoms with Gasteiger partial charge in [0, 0.05) is 5.56 Å². The SMILES string of the molecule is COc1c(Br)c(Cn2cnc3c(OC)ncnc32)c(Br)c(OC)c1OC. The first kappa shape index (κ1) is 18.7. The Morgan fingerprint density at radius 1 is 0.846 bits per heavy atom. The molecule has 0 spiro atoms. The van der Waals surface area contributed by atoms with E-state index >= 15 is 0 Å². The zero-order valence-corrected chi connectivity index (χ0v) is 17.7. The second-order valence-corrected chi connectivity index (χ2v) is 6.72. The minimum Gasteiger partial charge on any atom is -0.492 e. The third-order valence-corrected chi connectivity index (χ3v) is 5.52. The summed E-state index contributed by atoms with van der Waals surface area (Å²) in [6.07, 6.45) is 3.13. The van der Waals surface area contributed by atoms with Gasteiger partial charge in [0.05, 0.1) is 50.3 Å². The molecule has 0 atom stereocenters. The number of nitrogens with zero attached hydrogens (tertiary/aromatic N) is 4. The lowest BCUT2D eigenvalue weighted by Crippen LogP contribution is -2.05. The van der Waals surface area contributed by atoms with Crippen LogP contribution < -0.4 is 18.9 Å². The Kier molecular flexibility index (Phi) is 5.52. The van der Waals surface area contributed by atoms with E-state index in [9.17, 15) is 0 Å². The predicted octanol–water partition coefficient (Wildman–Crippen LogP) is 3.43. The molecule has 0 radical (unpaired) electrons. The number of hydrogen-bond acceptors (Lipinski definition) is 7. The van der Waals surface area contributed by atoms with Gasteiger partial charge in [0.1, 0.15) is 6.33 Å². The average molecular weight is 488 g/mol. The highest BCUT2D eigenvalue weighted by Crippen LogP contribution is 2.50. The second-order valence-electron chi connectivity index (χ2n) is 5.13. The van der Waals surface area contributed by atoms with Crippen molar-refractivity contribution in [3.63, 3.8) is 0 Å². The maximum atomic E-state index is 5.51. The number of halogens is 2. The molecule has 3 aromatic rings. The lowest BCUT2D eigenvalue weighted by atomic mass is 10.1. The van der Waals surface area contributed by atoms with E-state index in [0.29, 0.717) is 40.8 Å². The summed E-state index contributed by atoms with van der Waals surface area (Å²) in [5.74, 6) is 2.01. The number of ether oxygens (including phenoxy) is 4. The molecule has 0 aliphatic carbocycles. The molecule has 2 heterocycles. The van der Waals surface area contributed by atoms with Gasteiger partial charge >= 0.3 is 0 Å². The molecule has 0 amide bonds. The number of fused-ring (bicyclic) bond motifs is 1. The predicted molar refractivity (Wildman–Crippen MR) is 102 cm³/mol. The maximum Gasteiger partial charge on any atom is 0.245 e. The van der Waals surface area contributed by atoms with Gasteiger partial charge in [-0.05, 0) is 31.9 Å². The molecule has 0 aliphatic rings. The van der Waals surface area contributed by atoms with Crippen LogP contribution in [0.25, 0.3) is 11.2 Å². The van der Waals surface area contributed by atoms with Crippen molar-refractivity contribution in [3.8, 4) is 23.1 Å². The zero-order valence-electron chi connectivity index (χ0n) is 14.5. The number of imidazole rings is 1. The third kappa shape index (κ3) is 2.96. The number of hydrogen-bond donors (Lipinski definition) is 0. The van der Waals surface area contributed by atoms with Gasteiger partial charge < -0.3 is 23.5 Å². The summed E-state index contributed by atoms with van der Waals surface area (Å²) >= 11 is 7.21. The molecule has 0 N–H and O–H groups in total. The van der Waals surface area contributed by atoms with Crippen LogP contribution in [0.4, 0.5) is 0 Å². The maximum absolute atomic E-state index is 5.51. The highest BCUT2D eigenvalue weighted by molar-refractivity contribution is 9.11. The molecule has 3 rings (SSSR count). The van der Waals surface area contributed by atoms with Crippen LogP contribution in [0.2, 0.25) is 0 Å². The van der Waals surface area contributed by atoms with Gasteiger partial charge in [0.25, 0.3) is 0 Å². The first-order valence-corrected chi connectivity index (χ1v) is 9.01. The van der Waals surface area contributed by atoms with Crippen LogP contribution in [-0.2, 0) is 6.54 Å². The molecular weight excluding hydrogens is 472 g/mol. The highest BCUT2D eigenvalue weighted by atomic mass is 79.9. The van der Waals surface area contributed by atoms with E-state index in [2.05, 4.69) is 46.8 Å². The Labute approximate surface area is 166 Å². The minimum absolute atomic E-state index is 0.428. The first-order chi connectivity index (χ1) is 12.6. The van der Waals surface area contributed by atoms with Gasteiger partial charge in [-0.2, -0.15) is 4.98 Å². The van der Waals surface area contributed by atoms with Crippen molar-refractivity contribution in [3.05, 3.63) is 27.2 Å². The molecule has 0 aliphatic heterocycles. The number of benzene rings is 1. The molecule has 0 bridgehead atoms. The van der Waals surface area contributed by atoms with Crippen LogP contribution in [-0.4, -0.2) is 48.0 Å². The average Bonchev–Trinajstić information content (AvgIpc) is 3.07. The van der Waals surface area contributed by atoms with Crippen LogP contribution in [0.1, 0.15) is 5.56 Å². The Balaban J connectivity index is 2.17. The largest absolute Gasteiger partial charge is 0.492 e. The molecule has 0 unspecified atom stereocenters. The Morgan fingerprint density at radius 2 is 1.46 bits per heavy atom. The molecular formula is C16H16Br2N4O4. The lowest BCUT2D eigenvalue weighted by Gasteiger charge is -2.19. The molecule has 26 heavy (non-hydrogen) atoms. The summed E-state index contributed by atoms with van der Waals surface area (Å²) in [5, 5.41) is 0. The van der Waals surface area contributed by atoms with Crippen molar-refractivity contribution in [2.24, 2.45) is 0 Å². The number of aromatic nitrogens is 4. The second kappa shape index (κ2) is 7.67. The van der Waals surface area contributed by atoms with Crippen LogP contribution in [0.15, 0.2) is 21.6 Å². The molecule has 0 saturated carbocycles. The molecule has 0 fully saturated rings. The third-order valence-electron chi connectivity index (χ3n) is 3.84. The fourth-order valence-corrected chi connectivity index (χ4v) is 4.25. The van der Waals surface area contributed by atoms with Gasteiger partial charge in [0.2, 0.25) is 11.6 Å². The van der Waals surface area contributed by atoms with E-state index in [1.165, 1.54) is 6.33 Å². The number of methoxy groups -OCH3 is 4. The van der Waals surface area contributed by atoms with Gasteiger partial charge in [-0.25, -0.2) is 9.97 Å². The Morgan fingerprint density at radius 3 is 2.00 bits per heavy atom. The molecule has 0 saturated heterocycles. The minimum atomic E-state index is 0.428. The molecule has 1 aromatic carbocycles. The number of rotatable bonds is 6. The molecule has 10 heteroatoms. The smallest absolute Gasteiger partial charge is 0.245 e. The van der Waals surface area contributed by atoms with E-state index in [1.54, 1.807) is 34.8 Å². The van der Waals surface area contributed by atoms with Crippen molar-refractivity contribution >= 4 is 43.0 Å². The monoisotopic (exact) mass is 486 g/mol. The van der Waals surface area contributed by atoms with Crippen LogP contribution in [0.5, 0.6) is 23.1 Å². The van der Waals surface area contributed by atoms with Crippen molar-refractivity contribution in [1.29, 1.82) is 0 Å². The summed E-state index contributed by atoms with van der Waals surface area (Å²) in [6.45, 7) is 0.453. The van der Waals surface area contributed by atoms with Gasteiger partial charge in [-0.15, -0.1) is 0 Å². The van der Waals surface area contributed by atoms with Crippen LogP contribution >= 0.6 is 31.9 Å². The Hall–Kier alpha value is -2.07. The van der Waals surface area contributed by atoms with Crippen molar-refractivity contribution < 1.29 is 18.9 Å². The fourth-order valence-electron chi connectivity index (χ4n) is 2.66. The highest BCUT2D eigenvalue weighted by Gasteiger charge is 2.25. The quantitative estimate of drug-likeness (QED) is 0.526. The summed E-state index contributed by atoms with van der Waals surface area (Å²) in [6, 6.07) is 0. The molecule has 2 aromatic heterocycles. The zero-order chi connectivity index (χ0) is 18.8. The fraction of sp³-hybridized carbons (Fsp3) is 0.312. The van der Waals surface area contributed by atoms with Crippen molar-refractivity contribution in [1.82, 2.24) is 19.5 Å². The first-order valence-electron chi connectivity index (χ1n) is 7.42. The van der Waals surface area contributed by atoms with Crippen LogP contribution in [0.3, 0.4) is 0 Å². The summed E-state index contributed by atoms with van der Waals surface area (Å²) in [7, 11) is 6.26. The topological polar surface area (TPSA) is 80.5 Å². The van der Waals surface area contributed by atoms with E-state index in [0.717, 1.165) is 14.5 Å². The summed E-state index contributed by atoms with van der Waals surface area (Å²) < 4.78 is 25.1. The van der Waals surface area contributed by atoms with Crippen molar-refractivity contribution in [2.75, 3.05) is 28.4 Å². The summed E-state index contributed by atoms with van der Waals surface area (Å²) in [4.78, 5) is 12.7. The van der Waals surface area contributed by atoms with Gasteiger partial charge in [-0.1, -0.05) is 0 Å². The Bertz CT molecular complexity index is 930. The molecule has 138 valence electrons. The van der Waals surface area contributed by atoms with E-state index in [4.69, 9.17) is 18.9 Å². The van der Waals surface area contributed by atoms with E-state index in [-0.39, 0.29) is 0 Å².